The van der Waals surface area contributed by atoms with Gasteiger partial charge in [-0.1, -0.05) is 13.8 Å². The normalized spacial score (nSPS) is 10.4. The lowest BCUT2D eigenvalue weighted by Gasteiger charge is -2.05. The number of rotatable bonds is 6. The lowest BCUT2D eigenvalue weighted by molar-refractivity contribution is 0.104. The Bertz CT molecular complexity index is 540. The van der Waals surface area contributed by atoms with E-state index in [-0.39, 0.29) is 5.78 Å². The molecular weight excluding hydrogens is 256 g/mol. The highest BCUT2D eigenvalue weighted by Crippen LogP contribution is 2.22. The van der Waals surface area contributed by atoms with Crippen LogP contribution in [0, 0.1) is 0 Å². The number of benzene rings is 1. The maximum Gasteiger partial charge on any atom is 0.203 e. The highest BCUT2D eigenvalue weighted by molar-refractivity contribution is 7.12. The summed E-state index contributed by atoms with van der Waals surface area (Å²) in [6, 6.07) is 9.43. The SMILES string of the molecule is CCCOc1ccc(C(=O)c2sccc2CC)cc1. The summed E-state index contributed by atoms with van der Waals surface area (Å²) in [6.45, 7) is 4.85. The first-order chi connectivity index (χ1) is 9.26. The van der Waals surface area contributed by atoms with Crippen LogP contribution in [0.2, 0.25) is 0 Å². The molecule has 0 bridgehead atoms. The van der Waals surface area contributed by atoms with E-state index in [0.717, 1.165) is 34.6 Å². The van der Waals surface area contributed by atoms with Crippen molar-refractivity contribution in [3.05, 3.63) is 51.7 Å². The highest BCUT2D eigenvalue weighted by atomic mass is 32.1. The number of ether oxygens (including phenoxy) is 1. The van der Waals surface area contributed by atoms with E-state index in [0.29, 0.717) is 6.61 Å². The highest BCUT2D eigenvalue weighted by Gasteiger charge is 2.14. The maximum absolute atomic E-state index is 12.4. The van der Waals surface area contributed by atoms with Crippen molar-refractivity contribution in [2.45, 2.75) is 26.7 Å². The molecule has 2 aromatic rings. The van der Waals surface area contributed by atoms with Gasteiger partial charge in [0, 0.05) is 5.56 Å². The van der Waals surface area contributed by atoms with Crippen molar-refractivity contribution in [2.75, 3.05) is 6.61 Å². The van der Waals surface area contributed by atoms with E-state index in [9.17, 15) is 4.79 Å². The van der Waals surface area contributed by atoms with Crippen molar-refractivity contribution < 1.29 is 9.53 Å². The van der Waals surface area contributed by atoms with Gasteiger partial charge in [-0.15, -0.1) is 11.3 Å². The number of thiophene rings is 1. The maximum atomic E-state index is 12.4. The molecule has 0 aliphatic rings. The monoisotopic (exact) mass is 274 g/mol. The van der Waals surface area contributed by atoms with Gasteiger partial charge in [-0.25, -0.2) is 0 Å². The number of hydrogen-bond donors (Lipinski definition) is 0. The lowest BCUT2D eigenvalue weighted by Crippen LogP contribution is -2.02. The minimum Gasteiger partial charge on any atom is -0.494 e. The molecule has 0 atom stereocenters. The average Bonchev–Trinajstić information content (AvgIpc) is 2.93. The topological polar surface area (TPSA) is 26.3 Å². The van der Waals surface area contributed by atoms with Crippen LogP contribution in [0.15, 0.2) is 35.7 Å². The van der Waals surface area contributed by atoms with Gasteiger partial charge in [0.25, 0.3) is 0 Å². The molecule has 3 heteroatoms. The van der Waals surface area contributed by atoms with Crippen molar-refractivity contribution in [1.82, 2.24) is 0 Å². The molecular formula is C16H18O2S. The van der Waals surface area contributed by atoms with Crippen LogP contribution in [0.5, 0.6) is 5.75 Å². The van der Waals surface area contributed by atoms with E-state index in [1.54, 1.807) is 0 Å². The van der Waals surface area contributed by atoms with Crippen LogP contribution in [0.4, 0.5) is 0 Å². The van der Waals surface area contributed by atoms with Gasteiger partial charge in [-0.2, -0.15) is 0 Å². The average molecular weight is 274 g/mol. The Labute approximate surface area is 118 Å². The third-order valence-electron chi connectivity index (χ3n) is 2.92. The summed E-state index contributed by atoms with van der Waals surface area (Å²) in [4.78, 5) is 13.2. The number of carbonyl (C=O) groups excluding carboxylic acids is 1. The van der Waals surface area contributed by atoms with E-state index in [4.69, 9.17) is 4.74 Å². The van der Waals surface area contributed by atoms with Crippen LogP contribution in [-0.2, 0) is 6.42 Å². The second-order valence-electron chi connectivity index (χ2n) is 4.33. The van der Waals surface area contributed by atoms with Crippen LogP contribution in [0.25, 0.3) is 0 Å². The van der Waals surface area contributed by atoms with Crippen molar-refractivity contribution >= 4 is 17.1 Å². The number of aryl methyl sites for hydroxylation is 1. The summed E-state index contributed by atoms with van der Waals surface area (Å²) in [5.74, 6) is 0.925. The fourth-order valence-electron chi connectivity index (χ4n) is 1.87. The summed E-state index contributed by atoms with van der Waals surface area (Å²) in [7, 11) is 0. The van der Waals surface area contributed by atoms with E-state index >= 15 is 0 Å². The largest absolute Gasteiger partial charge is 0.494 e. The molecule has 0 aliphatic heterocycles. The minimum absolute atomic E-state index is 0.105. The van der Waals surface area contributed by atoms with Gasteiger partial charge in [0.15, 0.2) is 0 Å². The molecule has 19 heavy (non-hydrogen) atoms. The first kappa shape index (κ1) is 13.8. The predicted octanol–water partition coefficient (Wildman–Crippen LogP) is 4.33. The molecule has 100 valence electrons. The molecule has 2 nitrogen and oxygen atoms in total. The molecule has 0 saturated heterocycles. The van der Waals surface area contributed by atoms with Crippen LogP contribution >= 0.6 is 11.3 Å². The Morgan fingerprint density at radius 3 is 2.53 bits per heavy atom. The fourth-order valence-corrected chi connectivity index (χ4v) is 2.82. The van der Waals surface area contributed by atoms with Crippen LogP contribution < -0.4 is 4.74 Å². The van der Waals surface area contributed by atoms with Crippen molar-refractivity contribution in [1.29, 1.82) is 0 Å². The molecule has 0 amide bonds. The lowest BCUT2D eigenvalue weighted by atomic mass is 10.1. The second-order valence-corrected chi connectivity index (χ2v) is 5.25. The smallest absolute Gasteiger partial charge is 0.203 e. The van der Waals surface area contributed by atoms with Crippen molar-refractivity contribution in [2.24, 2.45) is 0 Å². The van der Waals surface area contributed by atoms with Gasteiger partial charge in [-0.05, 0) is 54.1 Å². The predicted molar refractivity (Wildman–Crippen MR) is 79.4 cm³/mol. The standard InChI is InChI=1S/C16H18O2S/c1-3-10-18-14-7-5-13(6-8-14)15(17)16-12(4-2)9-11-19-16/h5-9,11H,3-4,10H2,1-2H3. The van der Waals surface area contributed by atoms with Crippen LogP contribution in [-0.4, -0.2) is 12.4 Å². The van der Waals surface area contributed by atoms with Gasteiger partial charge >= 0.3 is 0 Å². The van der Waals surface area contributed by atoms with E-state index < -0.39 is 0 Å². The summed E-state index contributed by atoms with van der Waals surface area (Å²) < 4.78 is 5.52. The molecule has 0 aliphatic carbocycles. The summed E-state index contributed by atoms with van der Waals surface area (Å²) in [5, 5.41) is 1.98. The molecule has 1 heterocycles. The Morgan fingerprint density at radius 2 is 1.89 bits per heavy atom. The molecule has 2 rings (SSSR count). The van der Waals surface area contributed by atoms with Crippen molar-refractivity contribution in [3.63, 3.8) is 0 Å². The molecule has 0 fully saturated rings. The van der Waals surface area contributed by atoms with Crippen LogP contribution in [0.3, 0.4) is 0 Å². The third-order valence-corrected chi connectivity index (χ3v) is 3.88. The van der Waals surface area contributed by atoms with Gasteiger partial charge in [0.1, 0.15) is 5.75 Å². The summed E-state index contributed by atoms with van der Waals surface area (Å²) in [6.07, 6.45) is 1.87. The Kier molecular flexibility index (Phi) is 4.74. The summed E-state index contributed by atoms with van der Waals surface area (Å²) in [5.41, 5.74) is 1.85. The molecule has 0 radical (unpaired) electrons. The quantitative estimate of drug-likeness (QED) is 0.733. The zero-order valence-corrected chi connectivity index (χ0v) is 12.1. The molecule has 0 N–H and O–H groups in total. The first-order valence-electron chi connectivity index (χ1n) is 6.60. The van der Waals surface area contributed by atoms with Crippen LogP contribution in [0.1, 0.15) is 41.1 Å². The van der Waals surface area contributed by atoms with E-state index in [1.807, 2.05) is 35.7 Å². The minimum atomic E-state index is 0.105. The van der Waals surface area contributed by atoms with Gasteiger partial charge < -0.3 is 4.74 Å². The Balaban J connectivity index is 2.16. The van der Waals surface area contributed by atoms with Gasteiger partial charge in [0.2, 0.25) is 5.78 Å². The Hall–Kier alpha value is -1.61. The zero-order chi connectivity index (χ0) is 13.7. The number of ketones is 1. The summed E-state index contributed by atoms with van der Waals surface area (Å²) >= 11 is 1.51. The molecule has 0 saturated carbocycles. The zero-order valence-electron chi connectivity index (χ0n) is 11.3. The number of hydrogen-bond acceptors (Lipinski definition) is 3. The van der Waals surface area contributed by atoms with Gasteiger partial charge in [0.05, 0.1) is 11.5 Å². The van der Waals surface area contributed by atoms with Gasteiger partial charge in [-0.3, -0.25) is 4.79 Å². The van der Waals surface area contributed by atoms with E-state index in [1.165, 1.54) is 11.3 Å². The molecule has 0 spiro atoms. The first-order valence-corrected chi connectivity index (χ1v) is 7.48. The third kappa shape index (κ3) is 3.24. The second kappa shape index (κ2) is 6.53. The Morgan fingerprint density at radius 1 is 1.16 bits per heavy atom. The fraction of sp³-hybridized carbons (Fsp3) is 0.312. The molecule has 1 aromatic carbocycles. The molecule has 1 aromatic heterocycles. The van der Waals surface area contributed by atoms with E-state index in [2.05, 4.69) is 13.8 Å². The number of carbonyl (C=O) groups is 1. The molecule has 0 unspecified atom stereocenters. The van der Waals surface area contributed by atoms with Crippen molar-refractivity contribution in [3.8, 4) is 5.75 Å².